The predicted molar refractivity (Wildman–Crippen MR) is 137 cm³/mol. The van der Waals surface area contributed by atoms with Crippen LogP contribution in [0.3, 0.4) is 0 Å². The van der Waals surface area contributed by atoms with E-state index in [9.17, 15) is 4.79 Å². The van der Waals surface area contributed by atoms with Crippen LogP contribution >= 0.6 is 23.1 Å². The van der Waals surface area contributed by atoms with Gasteiger partial charge in [-0.15, -0.1) is 11.3 Å². The van der Waals surface area contributed by atoms with Gasteiger partial charge in [0, 0.05) is 10.9 Å². The number of aliphatic imine (C=N–C) groups is 1. The second-order valence-electron chi connectivity index (χ2n) is 7.14. The molecule has 3 aromatic carbocycles. The number of benzene rings is 3. The molecule has 162 valence electrons. The number of amidine groups is 1. The van der Waals surface area contributed by atoms with E-state index < -0.39 is 0 Å². The zero-order valence-corrected chi connectivity index (χ0v) is 19.3. The Morgan fingerprint density at radius 2 is 1.73 bits per heavy atom. The van der Waals surface area contributed by atoms with Gasteiger partial charge in [0.15, 0.2) is 5.17 Å². The van der Waals surface area contributed by atoms with E-state index >= 15 is 0 Å². The zero-order valence-electron chi connectivity index (χ0n) is 17.7. The van der Waals surface area contributed by atoms with Gasteiger partial charge in [-0.25, -0.2) is 4.98 Å². The van der Waals surface area contributed by atoms with Gasteiger partial charge >= 0.3 is 0 Å². The molecule has 1 fully saturated rings. The number of amides is 1. The molecule has 1 aliphatic rings. The number of hydrogen-bond donors (Lipinski definition) is 0. The molecule has 1 aliphatic heterocycles. The maximum Gasteiger partial charge on any atom is 0.271 e. The van der Waals surface area contributed by atoms with Crippen molar-refractivity contribution in [3.8, 4) is 17.0 Å². The summed E-state index contributed by atoms with van der Waals surface area (Å²) in [5.41, 5.74) is 3.56. The molecule has 0 saturated carbocycles. The van der Waals surface area contributed by atoms with E-state index in [0.717, 1.165) is 28.3 Å². The number of methoxy groups -OCH3 is 1. The molecule has 5 nitrogen and oxygen atoms in total. The fourth-order valence-electron chi connectivity index (χ4n) is 3.38. The summed E-state index contributed by atoms with van der Waals surface area (Å²) in [6, 6.07) is 27.2. The molecule has 4 aromatic rings. The van der Waals surface area contributed by atoms with Crippen LogP contribution in [-0.4, -0.2) is 23.2 Å². The number of para-hydroxylation sites is 1. The first-order valence-electron chi connectivity index (χ1n) is 10.2. The number of nitrogens with zero attached hydrogens (tertiary/aromatic N) is 3. The lowest BCUT2D eigenvalue weighted by Gasteiger charge is -2.14. The largest absolute Gasteiger partial charge is 0.497 e. The van der Waals surface area contributed by atoms with Gasteiger partial charge in [-0.3, -0.25) is 9.69 Å². The fourth-order valence-corrected chi connectivity index (χ4v) is 5.11. The first-order chi connectivity index (χ1) is 16.2. The van der Waals surface area contributed by atoms with E-state index in [1.54, 1.807) is 12.0 Å². The lowest BCUT2D eigenvalue weighted by atomic mass is 10.2. The van der Waals surface area contributed by atoms with Crippen molar-refractivity contribution >= 4 is 51.1 Å². The molecule has 1 saturated heterocycles. The number of aromatic nitrogens is 1. The maximum absolute atomic E-state index is 13.4. The summed E-state index contributed by atoms with van der Waals surface area (Å²) in [5, 5.41) is 3.16. The third kappa shape index (κ3) is 4.60. The fraction of sp³-hybridized carbons (Fsp3) is 0.0385. The van der Waals surface area contributed by atoms with Crippen LogP contribution in [0.15, 0.2) is 100 Å². The molecule has 1 amide bonds. The molecule has 1 aromatic heterocycles. The highest BCUT2D eigenvalue weighted by molar-refractivity contribution is 8.19. The van der Waals surface area contributed by atoms with Crippen LogP contribution in [0.2, 0.25) is 0 Å². The summed E-state index contributed by atoms with van der Waals surface area (Å²) >= 11 is 2.80. The van der Waals surface area contributed by atoms with E-state index in [0.29, 0.717) is 15.2 Å². The molecule has 0 N–H and O–H groups in total. The Morgan fingerprint density at radius 1 is 0.970 bits per heavy atom. The molecular formula is C26H19N3O2S2. The van der Waals surface area contributed by atoms with Gasteiger partial charge in [-0.2, -0.15) is 4.99 Å². The minimum absolute atomic E-state index is 0.118. The van der Waals surface area contributed by atoms with Crippen LogP contribution < -0.4 is 9.64 Å². The minimum atomic E-state index is -0.118. The number of thiazole rings is 1. The van der Waals surface area contributed by atoms with Crippen LogP contribution in [0.5, 0.6) is 5.75 Å². The average Bonchev–Trinajstić information content (AvgIpc) is 3.45. The molecule has 33 heavy (non-hydrogen) atoms. The Hall–Kier alpha value is -3.68. The van der Waals surface area contributed by atoms with Crippen LogP contribution in [-0.2, 0) is 4.79 Å². The number of ether oxygens (including phenoxy) is 1. The number of anilines is 1. The maximum atomic E-state index is 13.4. The average molecular weight is 470 g/mol. The van der Waals surface area contributed by atoms with Crippen molar-refractivity contribution in [3.63, 3.8) is 0 Å². The topological polar surface area (TPSA) is 54.8 Å². The molecule has 0 spiro atoms. The van der Waals surface area contributed by atoms with E-state index in [4.69, 9.17) is 9.73 Å². The van der Waals surface area contributed by atoms with Crippen molar-refractivity contribution in [3.05, 3.63) is 101 Å². The van der Waals surface area contributed by atoms with Gasteiger partial charge < -0.3 is 4.74 Å². The van der Waals surface area contributed by atoms with E-state index in [1.165, 1.54) is 23.1 Å². The van der Waals surface area contributed by atoms with Gasteiger partial charge in [0.2, 0.25) is 5.13 Å². The second kappa shape index (κ2) is 9.44. The quantitative estimate of drug-likeness (QED) is 0.308. The monoisotopic (exact) mass is 469 g/mol. The van der Waals surface area contributed by atoms with Crippen molar-refractivity contribution in [1.82, 2.24) is 4.98 Å². The molecule has 0 aliphatic carbocycles. The highest BCUT2D eigenvalue weighted by Gasteiger charge is 2.35. The number of rotatable bonds is 5. The van der Waals surface area contributed by atoms with Crippen molar-refractivity contribution in [2.45, 2.75) is 0 Å². The highest BCUT2D eigenvalue weighted by atomic mass is 32.2. The van der Waals surface area contributed by atoms with Crippen molar-refractivity contribution in [1.29, 1.82) is 0 Å². The second-order valence-corrected chi connectivity index (χ2v) is 8.98. The normalized spacial score (nSPS) is 16.0. The van der Waals surface area contributed by atoms with Crippen LogP contribution in [0.1, 0.15) is 5.56 Å². The number of thioether (sulfide) groups is 1. The van der Waals surface area contributed by atoms with Gasteiger partial charge in [-0.05, 0) is 47.7 Å². The van der Waals surface area contributed by atoms with E-state index in [1.807, 2.05) is 96.4 Å². The summed E-state index contributed by atoms with van der Waals surface area (Å²) in [5.74, 6) is 0.623. The van der Waals surface area contributed by atoms with E-state index in [-0.39, 0.29) is 5.91 Å². The van der Waals surface area contributed by atoms with Gasteiger partial charge in [0.25, 0.3) is 5.91 Å². The Kier molecular flexibility index (Phi) is 6.06. The van der Waals surface area contributed by atoms with Crippen molar-refractivity contribution < 1.29 is 9.53 Å². The van der Waals surface area contributed by atoms with Gasteiger partial charge in [-0.1, -0.05) is 60.7 Å². The first kappa shape index (κ1) is 21.2. The molecule has 0 bridgehead atoms. The lowest BCUT2D eigenvalue weighted by Crippen LogP contribution is -2.28. The van der Waals surface area contributed by atoms with Gasteiger partial charge in [0.05, 0.1) is 23.4 Å². The third-order valence-electron chi connectivity index (χ3n) is 4.97. The van der Waals surface area contributed by atoms with Crippen LogP contribution in [0.4, 0.5) is 10.8 Å². The minimum Gasteiger partial charge on any atom is -0.497 e. The summed E-state index contributed by atoms with van der Waals surface area (Å²) in [6.45, 7) is 0. The van der Waals surface area contributed by atoms with Crippen LogP contribution in [0, 0.1) is 0 Å². The lowest BCUT2D eigenvalue weighted by molar-refractivity contribution is -0.113. The Morgan fingerprint density at radius 3 is 2.48 bits per heavy atom. The Balaban J connectivity index is 1.52. The summed E-state index contributed by atoms with van der Waals surface area (Å²) in [6.07, 6.45) is 1.87. The van der Waals surface area contributed by atoms with Crippen LogP contribution in [0.25, 0.3) is 17.3 Å². The SMILES string of the molecule is COc1cccc(/C=C2\S/C(=N/c3nc(-c4ccccc4)cs3)N(c3ccccc3)C2=O)c1. The molecule has 7 heteroatoms. The number of carbonyl (C=O) groups is 1. The molecule has 5 rings (SSSR count). The smallest absolute Gasteiger partial charge is 0.271 e. The number of hydrogen-bond acceptors (Lipinski definition) is 6. The molecule has 0 radical (unpaired) electrons. The summed E-state index contributed by atoms with van der Waals surface area (Å²) in [7, 11) is 1.63. The highest BCUT2D eigenvalue weighted by Crippen LogP contribution is 2.38. The van der Waals surface area contributed by atoms with Crippen molar-refractivity contribution in [2.24, 2.45) is 4.99 Å². The predicted octanol–water partition coefficient (Wildman–Crippen LogP) is 6.63. The molecule has 0 atom stereocenters. The summed E-state index contributed by atoms with van der Waals surface area (Å²) in [4.78, 5) is 25.1. The number of carbonyl (C=O) groups excluding carboxylic acids is 1. The molecule has 0 unspecified atom stereocenters. The zero-order chi connectivity index (χ0) is 22.6. The Bertz CT molecular complexity index is 1350. The first-order valence-corrected chi connectivity index (χ1v) is 11.9. The van der Waals surface area contributed by atoms with E-state index in [2.05, 4.69) is 4.98 Å². The molecular weight excluding hydrogens is 450 g/mol. The third-order valence-corrected chi connectivity index (χ3v) is 6.67. The van der Waals surface area contributed by atoms with Gasteiger partial charge in [0.1, 0.15) is 5.75 Å². The standard InChI is InChI=1S/C26H19N3O2S2/c1-31-21-14-8-9-18(15-21)16-23-24(30)29(20-12-6-3-7-13-20)26(33-23)28-25-27-22(17-32-25)19-10-4-2-5-11-19/h2-17H,1H3/b23-16-,28-26+. The van der Waals surface area contributed by atoms with Crippen molar-refractivity contribution in [2.75, 3.05) is 12.0 Å². The molecule has 2 heterocycles. The summed E-state index contributed by atoms with van der Waals surface area (Å²) < 4.78 is 5.31. The Labute approximate surface area is 200 Å².